The Hall–Kier alpha value is -2.37. The molecule has 1 unspecified atom stereocenters. The monoisotopic (exact) mass is 276 g/mol. The number of carboxylic acids is 1. The number of nitro groups is 1. The summed E-state index contributed by atoms with van der Waals surface area (Å²) in [5.41, 5.74) is 1.13. The van der Waals surface area contributed by atoms with Crippen LogP contribution in [0.1, 0.15) is 25.3 Å². The number of rotatable bonds is 4. The normalized spacial score (nSPS) is 18.6. The van der Waals surface area contributed by atoms with Gasteiger partial charge in [0.15, 0.2) is 0 Å². The van der Waals surface area contributed by atoms with Crippen LogP contribution in [0.15, 0.2) is 24.3 Å². The van der Waals surface area contributed by atoms with Crippen LogP contribution in [0, 0.1) is 10.1 Å². The molecule has 0 radical (unpaired) electrons. The summed E-state index contributed by atoms with van der Waals surface area (Å²) >= 11 is 0. The summed E-state index contributed by atoms with van der Waals surface area (Å²) in [6.07, 6.45) is 4.38. The Labute approximate surface area is 116 Å². The molecule has 1 aliphatic heterocycles. The molecule has 1 aromatic carbocycles. The first-order valence-electron chi connectivity index (χ1n) is 6.45. The maximum atomic E-state index is 11.2. The van der Waals surface area contributed by atoms with Gasteiger partial charge in [0.25, 0.3) is 5.69 Å². The minimum absolute atomic E-state index is 0.0197. The molecule has 1 heterocycles. The van der Waals surface area contributed by atoms with Crippen molar-refractivity contribution in [3.05, 3.63) is 40.0 Å². The zero-order valence-corrected chi connectivity index (χ0v) is 11.2. The summed E-state index contributed by atoms with van der Waals surface area (Å²) in [4.78, 5) is 23.3. The van der Waals surface area contributed by atoms with Gasteiger partial charge >= 0.3 is 5.97 Å². The SMILES string of the molecule is CC1CCCN1c1ccc(/C=C/C(=O)O)cc1[N+](=O)[O-]. The highest BCUT2D eigenvalue weighted by molar-refractivity contribution is 5.85. The third kappa shape index (κ3) is 2.96. The smallest absolute Gasteiger partial charge is 0.328 e. The molecule has 0 spiro atoms. The molecule has 20 heavy (non-hydrogen) atoms. The quantitative estimate of drug-likeness (QED) is 0.519. The van der Waals surface area contributed by atoms with Gasteiger partial charge in [-0.25, -0.2) is 4.79 Å². The van der Waals surface area contributed by atoms with Crippen LogP contribution in [0.3, 0.4) is 0 Å². The lowest BCUT2D eigenvalue weighted by atomic mass is 10.1. The number of aliphatic carboxylic acids is 1. The van der Waals surface area contributed by atoms with Crippen molar-refractivity contribution < 1.29 is 14.8 Å². The first-order valence-corrected chi connectivity index (χ1v) is 6.45. The van der Waals surface area contributed by atoms with Crippen molar-refractivity contribution in [2.45, 2.75) is 25.8 Å². The molecule has 1 N–H and O–H groups in total. The lowest BCUT2D eigenvalue weighted by Gasteiger charge is -2.23. The van der Waals surface area contributed by atoms with E-state index in [0.717, 1.165) is 25.5 Å². The second kappa shape index (κ2) is 5.73. The topological polar surface area (TPSA) is 83.7 Å². The van der Waals surface area contributed by atoms with Crippen molar-refractivity contribution >= 4 is 23.4 Å². The molecule has 106 valence electrons. The van der Waals surface area contributed by atoms with Crippen molar-refractivity contribution in [1.29, 1.82) is 0 Å². The van der Waals surface area contributed by atoms with Gasteiger partial charge in [-0.3, -0.25) is 10.1 Å². The first kappa shape index (κ1) is 14.0. The summed E-state index contributed by atoms with van der Waals surface area (Å²) in [6, 6.07) is 5.10. The number of nitrogens with zero attached hydrogens (tertiary/aromatic N) is 2. The third-order valence-electron chi connectivity index (χ3n) is 3.48. The van der Waals surface area contributed by atoms with E-state index in [1.54, 1.807) is 12.1 Å². The Kier molecular flexibility index (Phi) is 4.02. The molecule has 0 aromatic heterocycles. The largest absolute Gasteiger partial charge is 0.478 e. The van der Waals surface area contributed by atoms with Crippen LogP contribution in [0.2, 0.25) is 0 Å². The molecule has 6 nitrogen and oxygen atoms in total. The number of carbonyl (C=O) groups is 1. The van der Waals surface area contributed by atoms with E-state index in [2.05, 4.69) is 6.92 Å². The summed E-state index contributed by atoms with van der Waals surface area (Å²) in [7, 11) is 0. The van der Waals surface area contributed by atoms with E-state index in [1.165, 1.54) is 12.1 Å². The fourth-order valence-electron chi connectivity index (χ4n) is 2.49. The fraction of sp³-hybridized carbons (Fsp3) is 0.357. The van der Waals surface area contributed by atoms with Gasteiger partial charge in [-0.15, -0.1) is 0 Å². The summed E-state index contributed by atoms with van der Waals surface area (Å²) in [5, 5.41) is 19.8. The van der Waals surface area contributed by atoms with Gasteiger partial charge in [0.1, 0.15) is 5.69 Å². The summed E-state index contributed by atoms with van der Waals surface area (Å²) in [6.45, 7) is 2.86. The lowest BCUT2D eigenvalue weighted by molar-refractivity contribution is -0.384. The molecule has 1 aliphatic rings. The molecule has 0 aliphatic carbocycles. The molecular weight excluding hydrogens is 260 g/mol. The van der Waals surface area contributed by atoms with E-state index in [-0.39, 0.29) is 11.7 Å². The van der Waals surface area contributed by atoms with Gasteiger partial charge in [-0.1, -0.05) is 6.07 Å². The Balaban J connectivity index is 2.38. The minimum atomic E-state index is -1.08. The van der Waals surface area contributed by atoms with Gasteiger partial charge in [0.2, 0.25) is 0 Å². The van der Waals surface area contributed by atoms with E-state index in [1.807, 2.05) is 4.90 Å². The third-order valence-corrected chi connectivity index (χ3v) is 3.48. The molecular formula is C14H16N2O4. The molecule has 1 saturated heterocycles. The number of hydrogen-bond acceptors (Lipinski definition) is 4. The fourth-order valence-corrected chi connectivity index (χ4v) is 2.49. The van der Waals surface area contributed by atoms with Crippen LogP contribution in [0.5, 0.6) is 0 Å². The zero-order chi connectivity index (χ0) is 14.7. The van der Waals surface area contributed by atoms with Crippen LogP contribution in [0.25, 0.3) is 6.08 Å². The van der Waals surface area contributed by atoms with Gasteiger partial charge in [0.05, 0.1) is 4.92 Å². The number of carboxylic acid groups (broad SMARTS) is 1. The van der Waals surface area contributed by atoms with Crippen LogP contribution in [-0.4, -0.2) is 28.6 Å². The standard InChI is InChI=1S/C14H16N2O4/c1-10-3-2-8-15(10)12-6-4-11(5-7-14(17)18)9-13(12)16(19)20/h4-7,9-10H,2-3,8H2,1H3,(H,17,18)/b7-5+. The highest BCUT2D eigenvalue weighted by Gasteiger charge is 2.26. The molecule has 1 atom stereocenters. The van der Waals surface area contributed by atoms with Gasteiger partial charge in [-0.2, -0.15) is 0 Å². The minimum Gasteiger partial charge on any atom is -0.478 e. The van der Waals surface area contributed by atoms with Crippen LogP contribution in [0.4, 0.5) is 11.4 Å². The number of nitro benzene ring substituents is 1. The van der Waals surface area contributed by atoms with Crippen molar-refractivity contribution in [2.75, 3.05) is 11.4 Å². The molecule has 0 bridgehead atoms. The van der Waals surface area contributed by atoms with E-state index >= 15 is 0 Å². The Morgan fingerprint density at radius 1 is 1.55 bits per heavy atom. The first-order chi connectivity index (χ1) is 9.49. The highest BCUT2D eigenvalue weighted by atomic mass is 16.6. The van der Waals surface area contributed by atoms with Crippen molar-refractivity contribution in [3.63, 3.8) is 0 Å². The maximum Gasteiger partial charge on any atom is 0.328 e. The van der Waals surface area contributed by atoms with E-state index in [0.29, 0.717) is 11.3 Å². The zero-order valence-electron chi connectivity index (χ0n) is 11.2. The second-order valence-electron chi connectivity index (χ2n) is 4.86. The predicted molar refractivity (Wildman–Crippen MR) is 75.8 cm³/mol. The van der Waals surface area contributed by atoms with Gasteiger partial charge in [-0.05, 0) is 37.5 Å². The molecule has 6 heteroatoms. The van der Waals surface area contributed by atoms with Crippen LogP contribution < -0.4 is 4.90 Å². The summed E-state index contributed by atoms with van der Waals surface area (Å²) < 4.78 is 0. The van der Waals surface area contributed by atoms with Crippen LogP contribution >= 0.6 is 0 Å². The molecule has 0 amide bonds. The molecule has 1 aromatic rings. The average Bonchev–Trinajstić information content (AvgIpc) is 2.82. The molecule has 2 rings (SSSR count). The highest BCUT2D eigenvalue weighted by Crippen LogP contribution is 2.34. The van der Waals surface area contributed by atoms with Gasteiger partial charge < -0.3 is 10.0 Å². The maximum absolute atomic E-state index is 11.2. The lowest BCUT2D eigenvalue weighted by Crippen LogP contribution is -2.26. The summed E-state index contributed by atoms with van der Waals surface area (Å²) in [5.74, 6) is -1.08. The number of benzene rings is 1. The van der Waals surface area contributed by atoms with Crippen molar-refractivity contribution in [3.8, 4) is 0 Å². The Bertz CT molecular complexity index is 568. The molecule has 1 fully saturated rings. The van der Waals surface area contributed by atoms with Crippen LogP contribution in [-0.2, 0) is 4.79 Å². The predicted octanol–water partition coefficient (Wildman–Crippen LogP) is 2.68. The molecule has 0 saturated carbocycles. The Morgan fingerprint density at radius 3 is 2.85 bits per heavy atom. The average molecular weight is 276 g/mol. The number of hydrogen-bond donors (Lipinski definition) is 1. The number of anilines is 1. The van der Waals surface area contributed by atoms with Crippen molar-refractivity contribution in [2.24, 2.45) is 0 Å². The Morgan fingerprint density at radius 2 is 2.30 bits per heavy atom. The van der Waals surface area contributed by atoms with E-state index in [9.17, 15) is 14.9 Å². The second-order valence-corrected chi connectivity index (χ2v) is 4.86. The van der Waals surface area contributed by atoms with E-state index in [4.69, 9.17) is 5.11 Å². The van der Waals surface area contributed by atoms with E-state index < -0.39 is 10.9 Å². The van der Waals surface area contributed by atoms with Crippen molar-refractivity contribution in [1.82, 2.24) is 0 Å². The van der Waals surface area contributed by atoms with Gasteiger partial charge in [0, 0.05) is 24.7 Å².